The maximum atomic E-state index is 12.5. The van der Waals surface area contributed by atoms with E-state index in [9.17, 15) is 13.2 Å². The number of methoxy groups -OCH3 is 2. The number of ether oxygens (including phenoxy) is 2. The molecular formula is C18H23N3O5S. The molecule has 0 atom stereocenters. The zero-order valence-corrected chi connectivity index (χ0v) is 16.3. The number of hydrogen-bond donors (Lipinski definition) is 1. The topological polar surface area (TPSA) is 97.8 Å². The van der Waals surface area contributed by atoms with E-state index in [0.717, 1.165) is 6.26 Å². The van der Waals surface area contributed by atoms with E-state index in [-0.39, 0.29) is 25.2 Å². The van der Waals surface area contributed by atoms with Crippen molar-refractivity contribution in [2.75, 3.05) is 33.6 Å². The van der Waals surface area contributed by atoms with Crippen molar-refractivity contribution in [3.05, 3.63) is 53.9 Å². The fourth-order valence-electron chi connectivity index (χ4n) is 2.49. The van der Waals surface area contributed by atoms with Gasteiger partial charge in [-0.1, -0.05) is 12.1 Å². The summed E-state index contributed by atoms with van der Waals surface area (Å²) in [6, 6.07) is 10.3. The normalized spacial score (nSPS) is 11.3. The molecule has 27 heavy (non-hydrogen) atoms. The quantitative estimate of drug-likeness (QED) is 0.689. The van der Waals surface area contributed by atoms with Crippen molar-refractivity contribution in [3.63, 3.8) is 0 Å². The minimum absolute atomic E-state index is 0.110. The molecule has 0 fully saturated rings. The SMILES string of the molecule is COc1cccc(OC)c1C(=O)NCCN(Cc1ccccn1)S(C)(=O)=O. The van der Waals surface area contributed by atoms with Crippen LogP contribution in [0.3, 0.4) is 0 Å². The van der Waals surface area contributed by atoms with Crippen molar-refractivity contribution in [3.8, 4) is 11.5 Å². The van der Waals surface area contributed by atoms with Gasteiger partial charge in [-0.05, 0) is 24.3 Å². The molecule has 0 spiro atoms. The van der Waals surface area contributed by atoms with Crippen LogP contribution in [0.5, 0.6) is 11.5 Å². The number of sulfonamides is 1. The first-order chi connectivity index (χ1) is 12.9. The van der Waals surface area contributed by atoms with Crippen LogP contribution >= 0.6 is 0 Å². The van der Waals surface area contributed by atoms with Gasteiger partial charge in [-0.15, -0.1) is 0 Å². The van der Waals surface area contributed by atoms with Gasteiger partial charge in [-0.3, -0.25) is 9.78 Å². The maximum Gasteiger partial charge on any atom is 0.258 e. The highest BCUT2D eigenvalue weighted by atomic mass is 32.2. The molecule has 0 radical (unpaired) electrons. The molecule has 0 aliphatic heterocycles. The third kappa shape index (κ3) is 5.66. The Hall–Kier alpha value is -2.65. The van der Waals surface area contributed by atoms with Crippen LogP contribution in [0.4, 0.5) is 0 Å². The standard InChI is InChI=1S/C18H23N3O5S/c1-25-15-8-6-9-16(26-2)17(15)18(22)20-11-12-21(27(3,23)24)13-14-7-4-5-10-19-14/h4-10H,11-13H2,1-3H3,(H,20,22). The number of benzene rings is 1. The predicted octanol–water partition coefficient (Wildman–Crippen LogP) is 1.29. The van der Waals surface area contributed by atoms with Gasteiger partial charge < -0.3 is 14.8 Å². The predicted molar refractivity (Wildman–Crippen MR) is 101 cm³/mol. The first kappa shape index (κ1) is 20.7. The van der Waals surface area contributed by atoms with Gasteiger partial charge in [-0.2, -0.15) is 4.31 Å². The van der Waals surface area contributed by atoms with E-state index in [0.29, 0.717) is 17.2 Å². The Labute approximate surface area is 159 Å². The second-order valence-corrected chi connectivity index (χ2v) is 7.69. The lowest BCUT2D eigenvalue weighted by atomic mass is 10.1. The second-order valence-electron chi connectivity index (χ2n) is 5.71. The highest BCUT2D eigenvalue weighted by Gasteiger charge is 2.20. The summed E-state index contributed by atoms with van der Waals surface area (Å²) in [7, 11) is -0.534. The molecular weight excluding hydrogens is 370 g/mol. The van der Waals surface area contributed by atoms with Crippen molar-refractivity contribution in [2.45, 2.75) is 6.54 Å². The van der Waals surface area contributed by atoms with Crippen molar-refractivity contribution in [1.82, 2.24) is 14.6 Å². The smallest absolute Gasteiger partial charge is 0.258 e. The number of rotatable bonds is 9. The fraction of sp³-hybridized carbons (Fsp3) is 0.333. The van der Waals surface area contributed by atoms with Gasteiger partial charge in [0.2, 0.25) is 10.0 Å². The number of nitrogens with zero attached hydrogens (tertiary/aromatic N) is 2. The average molecular weight is 393 g/mol. The maximum absolute atomic E-state index is 12.5. The Kier molecular flexibility index (Phi) is 7.14. The van der Waals surface area contributed by atoms with Crippen LogP contribution in [0, 0.1) is 0 Å². The Morgan fingerprint density at radius 1 is 1.11 bits per heavy atom. The number of amides is 1. The van der Waals surface area contributed by atoms with E-state index in [1.165, 1.54) is 18.5 Å². The number of hydrogen-bond acceptors (Lipinski definition) is 6. The summed E-state index contributed by atoms with van der Waals surface area (Å²) in [4.78, 5) is 16.7. The Balaban J connectivity index is 2.06. The molecule has 0 bridgehead atoms. The van der Waals surface area contributed by atoms with E-state index in [2.05, 4.69) is 10.3 Å². The Morgan fingerprint density at radius 2 is 1.78 bits per heavy atom. The highest BCUT2D eigenvalue weighted by Crippen LogP contribution is 2.27. The summed E-state index contributed by atoms with van der Waals surface area (Å²) in [5.74, 6) is 0.344. The molecule has 1 aromatic heterocycles. The monoisotopic (exact) mass is 393 g/mol. The van der Waals surface area contributed by atoms with Gasteiger partial charge in [0.15, 0.2) is 0 Å². The number of carbonyl (C=O) groups is 1. The minimum atomic E-state index is -3.46. The first-order valence-corrected chi connectivity index (χ1v) is 10.1. The molecule has 2 rings (SSSR count). The van der Waals surface area contributed by atoms with Gasteiger partial charge in [0.05, 0.1) is 32.7 Å². The summed E-state index contributed by atoms with van der Waals surface area (Å²) in [5, 5.41) is 2.71. The van der Waals surface area contributed by atoms with E-state index < -0.39 is 15.9 Å². The van der Waals surface area contributed by atoms with Gasteiger partial charge in [0, 0.05) is 19.3 Å². The molecule has 2 aromatic rings. The number of pyridine rings is 1. The molecule has 0 aliphatic carbocycles. The summed E-state index contributed by atoms with van der Waals surface area (Å²) in [6.07, 6.45) is 2.73. The molecule has 1 aromatic carbocycles. The number of aromatic nitrogens is 1. The van der Waals surface area contributed by atoms with Gasteiger partial charge >= 0.3 is 0 Å². The van der Waals surface area contributed by atoms with Crippen LogP contribution in [0.2, 0.25) is 0 Å². The number of nitrogens with one attached hydrogen (secondary N) is 1. The third-order valence-electron chi connectivity index (χ3n) is 3.84. The van der Waals surface area contributed by atoms with Crippen LogP contribution in [-0.2, 0) is 16.6 Å². The molecule has 0 aliphatic rings. The van der Waals surface area contributed by atoms with Crippen LogP contribution in [-0.4, -0.2) is 57.2 Å². The average Bonchev–Trinajstić information content (AvgIpc) is 2.66. The van der Waals surface area contributed by atoms with Crippen LogP contribution in [0.1, 0.15) is 16.1 Å². The fourth-order valence-corrected chi connectivity index (χ4v) is 3.28. The van der Waals surface area contributed by atoms with Crippen molar-refractivity contribution < 1.29 is 22.7 Å². The van der Waals surface area contributed by atoms with Gasteiger partial charge in [0.25, 0.3) is 5.91 Å². The van der Waals surface area contributed by atoms with Crippen molar-refractivity contribution >= 4 is 15.9 Å². The van der Waals surface area contributed by atoms with Crippen LogP contribution < -0.4 is 14.8 Å². The van der Waals surface area contributed by atoms with Crippen LogP contribution in [0.15, 0.2) is 42.6 Å². The van der Waals surface area contributed by atoms with Gasteiger partial charge in [0.1, 0.15) is 17.1 Å². The van der Waals surface area contributed by atoms with E-state index in [4.69, 9.17) is 9.47 Å². The van der Waals surface area contributed by atoms with E-state index >= 15 is 0 Å². The zero-order chi connectivity index (χ0) is 19.9. The minimum Gasteiger partial charge on any atom is -0.496 e. The molecule has 1 amide bonds. The van der Waals surface area contributed by atoms with E-state index in [1.54, 1.807) is 42.6 Å². The molecule has 0 unspecified atom stereocenters. The summed E-state index contributed by atoms with van der Waals surface area (Å²) < 4.78 is 35.7. The number of carbonyl (C=O) groups excluding carboxylic acids is 1. The molecule has 1 heterocycles. The lowest BCUT2D eigenvalue weighted by Crippen LogP contribution is -2.38. The molecule has 8 nitrogen and oxygen atoms in total. The molecule has 1 N–H and O–H groups in total. The second kappa shape index (κ2) is 9.33. The molecule has 9 heteroatoms. The lowest BCUT2D eigenvalue weighted by molar-refractivity contribution is 0.0945. The lowest BCUT2D eigenvalue weighted by Gasteiger charge is -2.20. The third-order valence-corrected chi connectivity index (χ3v) is 5.08. The van der Waals surface area contributed by atoms with Crippen molar-refractivity contribution in [2.24, 2.45) is 0 Å². The van der Waals surface area contributed by atoms with E-state index in [1.807, 2.05) is 0 Å². The molecule has 146 valence electrons. The van der Waals surface area contributed by atoms with Crippen molar-refractivity contribution in [1.29, 1.82) is 0 Å². The zero-order valence-electron chi connectivity index (χ0n) is 15.5. The molecule has 0 saturated carbocycles. The summed E-state index contributed by atoms with van der Waals surface area (Å²) >= 11 is 0. The summed E-state index contributed by atoms with van der Waals surface area (Å²) in [6.45, 7) is 0.367. The highest BCUT2D eigenvalue weighted by molar-refractivity contribution is 7.88. The molecule has 0 saturated heterocycles. The van der Waals surface area contributed by atoms with Gasteiger partial charge in [-0.25, -0.2) is 8.42 Å². The largest absolute Gasteiger partial charge is 0.496 e. The summed E-state index contributed by atoms with van der Waals surface area (Å²) in [5.41, 5.74) is 0.888. The Morgan fingerprint density at radius 3 is 2.30 bits per heavy atom. The van der Waals surface area contributed by atoms with Crippen LogP contribution in [0.25, 0.3) is 0 Å². The first-order valence-electron chi connectivity index (χ1n) is 8.21. The Bertz CT molecular complexity index is 850.